The van der Waals surface area contributed by atoms with Crippen LogP contribution in [-0.2, 0) is 4.74 Å². The number of hydrogen-bond donors (Lipinski definition) is 1. The van der Waals surface area contributed by atoms with E-state index in [4.69, 9.17) is 4.74 Å². The normalized spacial score (nSPS) is 39.0. The van der Waals surface area contributed by atoms with Crippen LogP contribution in [-0.4, -0.2) is 24.4 Å². The lowest BCUT2D eigenvalue weighted by molar-refractivity contribution is -0.00626. The van der Waals surface area contributed by atoms with Gasteiger partial charge < -0.3 is 9.84 Å². The van der Waals surface area contributed by atoms with Crippen LogP contribution in [0.1, 0.15) is 67.2 Å². The van der Waals surface area contributed by atoms with Gasteiger partial charge >= 0.3 is 0 Å². The zero-order chi connectivity index (χ0) is 14.7. The molecule has 0 amide bonds. The minimum Gasteiger partial charge on any atom is -0.392 e. The average Bonchev–Trinajstić information content (AvgIpc) is 2.66. The van der Waals surface area contributed by atoms with Gasteiger partial charge in [0.15, 0.2) is 0 Å². The number of hydrogen-bond acceptors (Lipinski definition) is 2. The van der Waals surface area contributed by atoms with E-state index in [9.17, 15) is 5.11 Å². The van der Waals surface area contributed by atoms with Crippen molar-refractivity contribution >= 4 is 0 Å². The third-order valence-electron chi connectivity index (χ3n) is 5.86. The van der Waals surface area contributed by atoms with Gasteiger partial charge in [-0.25, -0.2) is 0 Å². The van der Waals surface area contributed by atoms with E-state index >= 15 is 0 Å². The van der Waals surface area contributed by atoms with Gasteiger partial charge in [0.2, 0.25) is 0 Å². The zero-order valence-electron chi connectivity index (χ0n) is 13.8. The first-order chi connectivity index (χ1) is 8.82. The van der Waals surface area contributed by atoms with Gasteiger partial charge in [-0.1, -0.05) is 41.5 Å². The first-order valence-electron chi connectivity index (χ1n) is 8.08. The van der Waals surface area contributed by atoms with Crippen molar-refractivity contribution in [1.29, 1.82) is 0 Å². The number of aliphatic hydroxyl groups excluding tert-OH is 1. The third-order valence-corrected chi connectivity index (χ3v) is 5.86. The van der Waals surface area contributed by atoms with Gasteiger partial charge in [-0.2, -0.15) is 0 Å². The van der Waals surface area contributed by atoms with Crippen molar-refractivity contribution in [2.45, 2.75) is 73.3 Å². The van der Waals surface area contributed by atoms with Crippen molar-refractivity contribution in [1.82, 2.24) is 0 Å². The van der Waals surface area contributed by atoms with E-state index < -0.39 is 0 Å². The first kappa shape index (κ1) is 17.0. The highest BCUT2D eigenvalue weighted by Crippen LogP contribution is 2.67. The summed E-state index contributed by atoms with van der Waals surface area (Å²) in [4.78, 5) is 0. The van der Waals surface area contributed by atoms with E-state index in [2.05, 4.69) is 41.5 Å². The van der Waals surface area contributed by atoms with Crippen LogP contribution in [0.15, 0.2) is 0 Å². The Labute approximate surface area is 119 Å². The summed E-state index contributed by atoms with van der Waals surface area (Å²) in [5, 5.41) is 10.1. The summed E-state index contributed by atoms with van der Waals surface area (Å²) in [7, 11) is 0. The van der Waals surface area contributed by atoms with Crippen LogP contribution >= 0.6 is 0 Å². The number of fused-ring (bicyclic) bond motifs is 2. The molecule has 0 saturated heterocycles. The van der Waals surface area contributed by atoms with Crippen LogP contribution in [0.3, 0.4) is 0 Å². The van der Waals surface area contributed by atoms with Crippen molar-refractivity contribution in [3.63, 3.8) is 0 Å². The molecule has 4 unspecified atom stereocenters. The Morgan fingerprint density at radius 2 is 1.63 bits per heavy atom. The maximum Gasteiger partial charge on any atom is 0.0627 e. The third kappa shape index (κ3) is 3.00. The predicted octanol–water partition coefficient (Wildman–Crippen LogP) is 4.26. The summed E-state index contributed by atoms with van der Waals surface area (Å²) in [6.07, 6.45) is 4.75. The molecule has 2 aliphatic rings. The van der Waals surface area contributed by atoms with Crippen LogP contribution in [0.4, 0.5) is 0 Å². The maximum absolute atomic E-state index is 10.1. The van der Waals surface area contributed by atoms with E-state index in [-0.39, 0.29) is 11.5 Å². The summed E-state index contributed by atoms with van der Waals surface area (Å²) >= 11 is 0. The Balaban J connectivity index is 0.000000224. The lowest BCUT2D eigenvalue weighted by Crippen LogP contribution is -2.36. The van der Waals surface area contributed by atoms with E-state index in [1.807, 2.05) is 0 Å². The SMILES string of the molecule is CC1C2CCC(C)(C1O)C2(C)C.CCCOCCC. The van der Waals surface area contributed by atoms with Gasteiger partial charge in [0.05, 0.1) is 6.10 Å². The molecule has 114 valence electrons. The highest BCUT2D eigenvalue weighted by Gasteiger charge is 2.64. The minimum absolute atomic E-state index is 0.0637. The molecule has 1 N–H and O–H groups in total. The van der Waals surface area contributed by atoms with E-state index in [1.54, 1.807) is 0 Å². The Hall–Kier alpha value is -0.0800. The Morgan fingerprint density at radius 3 is 1.89 bits per heavy atom. The second-order valence-corrected chi connectivity index (χ2v) is 7.20. The minimum atomic E-state index is -0.0637. The molecular formula is C17H34O2. The van der Waals surface area contributed by atoms with Crippen LogP contribution in [0.25, 0.3) is 0 Å². The van der Waals surface area contributed by atoms with Gasteiger partial charge in [0, 0.05) is 13.2 Å². The molecule has 2 rings (SSSR count). The van der Waals surface area contributed by atoms with Gasteiger partial charge in [-0.3, -0.25) is 0 Å². The van der Waals surface area contributed by atoms with Crippen molar-refractivity contribution in [3.8, 4) is 0 Å². The van der Waals surface area contributed by atoms with Crippen molar-refractivity contribution < 1.29 is 9.84 Å². The molecule has 4 atom stereocenters. The van der Waals surface area contributed by atoms with E-state index in [1.165, 1.54) is 12.8 Å². The molecule has 0 aliphatic heterocycles. The van der Waals surface area contributed by atoms with E-state index in [0.717, 1.165) is 32.0 Å². The molecule has 0 aromatic rings. The molecule has 2 fully saturated rings. The molecule has 0 aromatic heterocycles. The summed E-state index contributed by atoms with van der Waals surface area (Å²) in [6, 6.07) is 0. The molecule has 2 nitrogen and oxygen atoms in total. The largest absolute Gasteiger partial charge is 0.392 e. The number of ether oxygens (including phenoxy) is 1. The smallest absolute Gasteiger partial charge is 0.0627 e. The Bertz CT molecular complexity index is 270. The van der Waals surface area contributed by atoms with Gasteiger partial charge in [0.25, 0.3) is 0 Å². The van der Waals surface area contributed by atoms with Crippen molar-refractivity contribution in [3.05, 3.63) is 0 Å². The molecule has 2 heteroatoms. The topological polar surface area (TPSA) is 29.5 Å². The average molecular weight is 270 g/mol. The fourth-order valence-electron chi connectivity index (χ4n) is 4.20. The monoisotopic (exact) mass is 270 g/mol. The summed E-state index contributed by atoms with van der Waals surface area (Å²) in [5.41, 5.74) is 0.545. The standard InChI is InChI=1S/C11H20O.C6H14O/c1-7-8-5-6-11(4,9(7)12)10(8,2)3;1-3-5-7-6-4-2/h7-9,12H,5-6H2,1-4H3;3-6H2,1-2H3. The highest BCUT2D eigenvalue weighted by atomic mass is 16.5. The summed E-state index contributed by atoms with van der Waals surface area (Å²) in [6.45, 7) is 15.2. The highest BCUT2D eigenvalue weighted by molar-refractivity contribution is 5.13. The second kappa shape index (κ2) is 6.58. The van der Waals surface area contributed by atoms with Gasteiger partial charge in [0.1, 0.15) is 0 Å². The van der Waals surface area contributed by atoms with Crippen molar-refractivity contribution in [2.75, 3.05) is 13.2 Å². The molecular weight excluding hydrogens is 236 g/mol. The van der Waals surface area contributed by atoms with Crippen LogP contribution in [0, 0.1) is 22.7 Å². The second-order valence-electron chi connectivity index (χ2n) is 7.20. The fraction of sp³-hybridized carbons (Fsp3) is 1.00. The lowest BCUT2D eigenvalue weighted by Gasteiger charge is -2.37. The van der Waals surface area contributed by atoms with Crippen LogP contribution in [0.2, 0.25) is 0 Å². The van der Waals surface area contributed by atoms with E-state index in [0.29, 0.717) is 11.3 Å². The van der Waals surface area contributed by atoms with Crippen LogP contribution in [0.5, 0.6) is 0 Å². The molecule has 0 aromatic carbocycles. The zero-order valence-corrected chi connectivity index (χ0v) is 13.8. The van der Waals surface area contributed by atoms with Gasteiger partial charge in [-0.15, -0.1) is 0 Å². The molecule has 2 bridgehead atoms. The molecule has 2 saturated carbocycles. The maximum atomic E-state index is 10.1. The molecule has 2 aliphatic carbocycles. The first-order valence-corrected chi connectivity index (χ1v) is 8.08. The molecule has 0 radical (unpaired) electrons. The van der Waals surface area contributed by atoms with Gasteiger partial charge in [-0.05, 0) is 48.3 Å². The number of aliphatic hydroxyl groups is 1. The quantitative estimate of drug-likeness (QED) is 0.773. The Morgan fingerprint density at radius 1 is 1.11 bits per heavy atom. The predicted molar refractivity (Wildman–Crippen MR) is 81.2 cm³/mol. The number of rotatable bonds is 4. The summed E-state index contributed by atoms with van der Waals surface area (Å²) < 4.78 is 5.13. The Kier molecular flexibility index (Phi) is 5.88. The molecule has 19 heavy (non-hydrogen) atoms. The fourth-order valence-corrected chi connectivity index (χ4v) is 4.20. The molecule has 0 spiro atoms. The molecule has 0 heterocycles. The van der Waals surface area contributed by atoms with Crippen molar-refractivity contribution in [2.24, 2.45) is 22.7 Å². The van der Waals surface area contributed by atoms with Crippen LogP contribution < -0.4 is 0 Å². The summed E-state index contributed by atoms with van der Waals surface area (Å²) in [5.74, 6) is 1.26. The lowest BCUT2D eigenvalue weighted by atomic mass is 9.70.